The predicted octanol–water partition coefficient (Wildman–Crippen LogP) is 2.83. The number of amides is 1. The summed E-state index contributed by atoms with van der Waals surface area (Å²) in [6, 6.07) is 7.56. The zero-order valence-corrected chi connectivity index (χ0v) is 15.5. The minimum Gasteiger partial charge on any atom is -0.506 e. The Hall–Kier alpha value is -3.03. The summed E-state index contributed by atoms with van der Waals surface area (Å²) >= 11 is 5.79. The molecular formula is C19H19ClN2O5. The van der Waals surface area contributed by atoms with Crippen LogP contribution in [0.15, 0.2) is 41.5 Å². The molecule has 0 bridgehead atoms. The highest BCUT2D eigenvalue weighted by Crippen LogP contribution is 2.33. The molecule has 0 radical (unpaired) electrons. The third kappa shape index (κ3) is 5.22. The lowest BCUT2D eigenvalue weighted by atomic mass is 10.1. The average molecular weight is 391 g/mol. The van der Waals surface area contributed by atoms with Crippen LogP contribution in [0.2, 0.25) is 5.02 Å². The zero-order chi connectivity index (χ0) is 19.8. The molecule has 0 saturated heterocycles. The largest absolute Gasteiger partial charge is 0.506 e. The molecule has 3 N–H and O–H groups in total. The number of phenolic OH excluding ortho intramolecular Hbond substituents is 1. The molecule has 142 valence electrons. The maximum Gasteiger partial charge on any atom is 0.271 e. The fraction of sp³-hybridized carbons (Fsp3) is 0.158. The number of methoxy groups -OCH3 is 2. The van der Waals surface area contributed by atoms with Gasteiger partial charge >= 0.3 is 0 Å². The lowest BCUT2D eigenvalue weighted by molar-refractivity contribution is 0.0955. The number of aliphatic hydroxyl groups excluding tert-OH is 1. The SMILES string of the molecule is COc1cc(C=NNC(=O)c2ccc(O)c(Cl)c2)cc(C=CCO)c1OC. The molecule has 8 heteroatoms. The first-order valence-corrected chi connectivity index (χ1v) is 8.23. The van der Waals surface area contributed by atoms with Gasteiger partial charge in [0.2, 0.25) is 0 Å². The first-order valence-electron chi connectivity index (χ1n) is 7.85. The first-order chi connectivity index (χ1) is 13.0. The number of hydrazone groups is 1. The van der Waals surface area contributed by atoms with Crippen molar-refractivity contribution in [2.75, 3.05) is 20.8 Å². The Kier molecular flexibility index (Phi) is 7.22. The number of phenols is 1. The standard InChI is InChI=1S/C19H19ClN2O5/c1-26-17-9-12(8-13(4-3-7-23)18(17)27-2)11-21-22-19(25)14-5-6-16(24)15(20)10-14/h3-6,8-11,23-24H,7H2,1-2H3,(H,22,25). The molecule has 2 aromatic rings. The zero-order valence-electron chi connectivity index (χ0n) is 14.8. The van der Waals surface area contributed by atoms with Crippen LogP contribution in [-0.4, -0.2) is 43.2 Å². The van der Waals surface area contributed by atoms with Crippen LogP contribution in [0, 0.1) is 0 Å². The monoisotopic (exact) mass is 390 g/mol. The van der Waals surface area contributed by atoms with Crippen molar-refractivity contribution >= 4 is 29.8 Å². The Morgan fingerprint density at radius 2 is 2.04 bits per heavy atom. The van der Waals surface area contributed by atoms with Crippen LogP contribution in [0.1, 0.15) is 21.5 Å². The summed E-state index contributed by atoms with van der Waals surface area (Å²) in [5.74, 6) is 0.414. The molecule has 0 spiro atoms. The number of carbonyl (C=O) groups excluding carboxylic acids is 1. The second kappa shape index (κ2) is 9.61. The number of rotatable bonds is 7. The molecular weight excluding hydrogens is 372 g/mol. The third-order valence-electron chi connectivity index (χ3n) is 3.52. The van der Waals surface area contributed by atoms with Crippen molar-refractivity contribution in [1.82, 2.24) is 5.43 Å². The van der Waals surface area contributed by atoms with E-state index in [1.54, 1.807) is 24.3 Å². The predicted molar refractivity (Wildman–Crippen MR) is 104 cm³/mol. The fourth-order valence-electron chi connectivity index (χ4n) is 2.27. The lowest BCUT2D eigenvalue weighted by Crippen LogP contribution is -2.17. The van der Waals surface area contributed by atoms with Crippen molar-refractivity contribution in [3.05, 3.63) is 58.1 Å². The molecule has 0 unspecified atom stereocenters. The van der Waals surface area contributed by atoms with Crippen LogP contribution in [0.5, 0.6) is 17.2 Å². The number of hydrogen-bond acceptors (Lipinski definition) is 6. The van der Waals surface area contributed by atoms with E-state index in [0.29, 0.717) is 22.6 Å². The topological polar surface area (TPSA) is 100 Å². The van der Waals surface area contributed by atoms with Crippen molar-refractivity contribution < 1.29 is 24.5 Å². The van der Waals surface area contributed by atoms with Crippen molar-refractivity contribution in [1.29, 1.82) is 0 Å². The third-order valence-corrected chi connectivity index (χ3v) is 3.83. The van der Waals surface area contributed by atoms with Gasteiger partial charge in [-0.25, -0.2) is 5.43 Å². The molecule has 0 atom stereocenters. The number of aromatic hydroxyl groups is 1. The number of ether oxygens (including phenoxy) is 2. The van der Waals surface area contributed by atoms with E-state index in [1.165, 1.54) is 38.6 Å². The average Bonchev–Trinajstić information content (AvgIpc) is 2.67. The summed E-state index contributed by atoms with van der Waals surface area (Å²) < 4.78 is 10.6. The highest BCUT2D eigenvalue weighted by atomic mass is 35.5. The second-order valence-electron chi connectivity index (χ2n) is 5.30. The molecule has 0 saturated carbocycles. The number of aliphatic hydroxyl groups is 1. The molecule has 0 fully saturated rings. The van der Waals surface area contributed by atoms with E-state index in [4.69, 9.17) is 26.2 Å². The summed E-state index contributed by atoms with van der Waals surface area (Å²) in [6.07, 6.45) is 4.70. The Morgan fingerprint density at radius 3 is 2.67 bits per heavy atom. The lowest BCUT2D eigenvalue weighted by Gasteiger charge is -2.11. The van der Waals surface area contributed by atoms with Gasteiger partial charge in [-0.2, -0.15) is 5.10 Å². The molecule has 0 heterocycles. The number of carbonyl (C=O) groups is 1. The van der Waals surface area contributed by atoms with Gasteiger partial charge in [-0.15, -0.1) is 0 Å². The maximum absolute atomic E-state index is 12.1. The van der Waals surface area contributed by atoms with Crippen LogP contribution in [0.4, 0.5) is 0 Å². The van der Waals surface area contributed by atoms with E-state index in [1.807, 2.05) is 0 Å². The van der Waals surface area contributed by atoms with Crippen LogP contribution in [0.25, 0.3) is 6.08 Å². The minimum absolute atomic E-state index is 0.0758. The molecule has 0 aliphatic carbocycles. The first kappa shape index (κ1) is 20.3. The number of nitrogens with one attached hydrogen (secondary N) is 1. The Morgan fingerprint density at radius 1 is 1.26 bits per heavy atom. The van der Waals surface area contributed by atoms with E-state index < -0.39 is 5.91 Å². The van der Waals surface area contributed by atoms with E-state index >= 15 is 0 Å². The molecule has 0 aliphatic rings. The van der Waals surface area contributed by atoms with Gasteiger partial charge < -0.3 is 19.7 Å². The highest BCUT2D eigenvalue weighted by Gasteiger charge is 2.10. The molecule has 0 aromatic heterocycles. The summed E-state index contributed by atoms with van der Waals surface area (Å²) in [4.78, 5) is 12.1. The maximum atomic E-state index is 12.1. The molecule has 1 amide bonds. The number of halogens is 1. The fourth-order valence-corrected chi connectivity index (χ4v) is 2.45. The van der Waals surface area contributed by atoms with Crippen molar-refractivity contribution in [2.24, 2.45) is 5.10 Å². The molecule has 2 aromatic carbocycles. The van der Waals surface area contributed by atoms with Gasteiger partial charge in [0.15, 0.2) is 11.5 Å². The second-order valence-corrected chi connectivity index (χ2v) is 5.70. The molecule has 27 heavy (non-hydrogen) atoms. The van der Waals surface area contributed by atoms with E-state index in [-0.39, 0.29) is 22.9 Å². The summed E-state index contributed by atoms with van der Waals surface area (Å²) in [7, 11) is 3.03. The highest BCUT2D eigenvalue weighted by molar-refractivity contribution is 6.32. The molecule has 7 nitrogen and oxygen atoms in total. The van der Waals surface area contributed by atoms with Crippen LogP contribution in [0.3, 0.4) is 0 Å². The van der Waals surface area contributed by atoms with E-state index in [2.05, 4.69) is 10.5 Å². The van der Waals surface area contributed by atoms with Gasteiger partial charge in [0, 0.05) is 11.1 Å². The Balaban J connectivity index is 2.21. The van der Waals surface area contributed by atoms with Gasteiger partial charge in [-0.1, -0.05) is 23.8 Å². The van der Waals surface area contributed by atoms with E-state index in [0.717, 1.165) is 0 Å². The summed E-state index contributed by atoms with van der Waals surface area (Å²) in [6.45, 7) is -0.116. The van der Waals surface area contributed by atoms with Gasteiger partial charge in [0.25, 0.3) is 5.91 Å². The van der Waals surface area contributed by atoms with Gasteiger partial charge in [0.05, 0.1) is 32.1 Å². The van der Waals surface area contributed by atoms with Crippen molar-refractivity contribution in [3.63, 3.8) is 0 Å². The normalized spacial score (nSPS) is 11.1. The van der Waals surface area contributed by atoms with Gasteiger partial charge in [-0.3, -0.25) is 4.79 Å². The van der Waals surface area contributed by atoms with Gasteiger partial charge in [0.1, 0.15) is 5.75 Å². The quantitative estimate of drug-likeness (QED) is 0.498. The minimum atomic E-state index is -0.478. The number of hydrogen-bond donors (Lipinski definition) is 3. The Bertz CT molecular complexity index is 881. The van der Waals surface area contributed by atoms with Crippen LogP contribution in [-0.2, 0) is 0 Å². The number of benzene rings is 2. The summed E-state index contributed by atoms with van der Waals surface area (Å²) in [5.41, 5.74) is 3.97. The number of nitrogens with zero attached hydrogens (tertiary/aromatic N) is 1. The van der Waals surface area contributed by atoms with E-state index in [9.17, 15) is 9.90 Å². The molecule has 2 rings (SSSR count). The molecule has 0 aliphatic heterocycles. The van der Waals surface area contributed by atoms with Gasteiger partial charge in [-0.05, 0) is 35.9 Å². The van der Waals surface area contributed by atoms with Crippen LogP contribution < -0.4 is 14.9 Å². The van der Waals surface area contributed by atoms with Crippen molar-refractivity contribution in [3.8, 4) is 17.2 Å². The smallest absolute Gasteiger partial charge is 0.271 e. The Labute approximate surface area is 161 Å². The summed E-state index contributed by atoms with van der Waals surface area (Å²) in [5, 5.41) is 22.4. The van der Waals surface area contributed by atoms with Crippen molar-refractivity contribution in [2.45, 2.75) is 0 Å². The van der Waals surface area contributed by atoms with Crippen LogP contribution >= 0.6 is 11.6 Å².